The van der Waals surface area contributed by atoms with E-state index >= 15 is 0 Å². The lowest BCUT2D eigenvalue weighted by atomic mass is 9.83. The molecule has 0 saturated carbocycles. The summed E-state index contributed by atoms with van der Waals surface area (Å²) in [4.78, 5) is 2.36. The lowest BCUT2D eigenvalue weighted by Crippen LogP contribution is -2.10. The van der Waals surface area contributed by atoms with Gasteiger partial charge in [-0.05, 0) is 94.7 Å². The van der Waals surface area contributed by atoms with Crippen molar-refractivity contribution in [3.8, 4) is 43.9 Å². The third-order valence-corrected chi connectivity index (χ3v) is 8.47. The lowest BCUT2D eigenvalue weighted by molar-refractivity contribution is 0.242. The Bertz CT molecular complexity index is 1210. The lowest BCUT2D eigenvalue weighted by Gasteiger charge is -2.22. The summed E-state index contributed by atoms with van der Waals surface area (Å²) >= 11 is 1.78. The molecule has 0 aliphatic rings. The summed E-state index contributed by atoms with van der Waals surface area (Å²) in [6, 6.07) is 12.1. The van der Waals surface area contributed by atoms with Crippen LogP contribution in [0.5, 0.6) is 23.0 Å². The first-order chi connectivity index (χ1) is 18.0. The van der Waals surface area contributed by atoms with Crippen LogP contribution in [0, 0.1) is 12.3 Å². The largest absolute Gasteiger partial charge is 0.496 e. The summed E-state index contributed by atoms with van der Waals surface area (Å²) in [5.41, 5.74) is 4.96. The van der Waals surface area contributed by atoms with Crippen molar-refractivity contribution in [2.45, 2.75) is 93.3 Å². The fraction of sp³-hybridized carbons (Fsp3) is 0.515. The van der Waals surface area contributed by atoms with Crippen molar-refractivity contribution >= 4 is 11.3 Å². The number of rotatable bonds is 13. The number of methoxy groups -OCH3 is 2. The third kappa shape index (κ3) is 6.85. The molecule has 0 aliphatic carbocycles. The van der Waals surface area contributed by atoms with Crippen LogP contribution < -0.4 is 18.9 Å². The molecular weight excluding hydrogens is 492 g/mol. The minimum absolute atomic E-state index is 0.0513. The second-order valence-electron chi connectivity index (χ2n) is 11.2. The Kier molecular flexibility index (Phi) is 10.2. The molecule has 0 radical (unpaired) electrons. The Morgan fingerprint density at radius 1 is 0.763 bits per heavy atom. The monoisotopic (exact) mass is 538 g/mol. The zero-order valence-electron chi connectivity index (χ0n) is 25.0. The fourth-order valence-corrected chi connectivity index (χ4v) is 6.19. The van der Waals surface area contributed by atoms with Gasteiger partial charge in [0, 0.05) is 9.75 Å². The average Bonchev–Trinajstić information content (AvgIpc) is 3.18. The molecule has 4 nitrogen and oxygen atoms in total. The molecule has 0 bridgehead atoms. The molecule has 3 aromatic rings. The van der Waals surface area contributed by atoms with Gasteiger partial charge in [-0.3, -0.25) is 0 Å². The zero-order chi connectivity index (χ0) is 28.0. The van der Waals surface area contributed by atoms with Crippen LogP contribution in [0.4, 0.5) is 0 Å². The molecule has 3 rings (SSSR count). The molecular formula is C33H46O4S. The van der Waals surface area contributed by atoms with Crippen LogP contribution >= 0.6 is 11.3 Å². The first kappa shape index (κ1) is 29.9. The molecule has 0 unspecified atom stereocenters. The molecule has 0 saturated heterocycles. The number of hydrogen-bond donors (Lipinski definition) is 0. The smallest absolute Gasteiger partial charge is 0.132 e. The highest BCUT2D eigenvalue weighted by Crippen LogP contribution is 2.52. The van der Waals surface area contributed by atoms with Crippen LogP contribution in [-0.2, 0) is 6.42 Å². The summed E-state index contributed by atoms with van der Waals surface area (Å²) in [6.07, 6.45) is 4.54. The van der Waals surface area contributed by atoms with Gasteiger partial charge in [-0.25, -0.2) is 0 Å². The van der Waals surface area contributed by atoms with E-state index in [0.29, 0.717) is 5.41 Å². The standard InChI is InChI=1S/C33H46O4S/c1-11-33(7,8)20-14-15-24-23(6)31(29-25(34-9)16-12-18-27(29)36-21(2)3)38-32(24)30-26(35-10)17-13-19-28(30)37-22(4)5/h12-13,16-19,21-22H,11,14-15,20H2,1-10H3. The van der Waals surface area contributed by atoms with Gasteiger partial charge >= 0.3 is 0 Å². The average molecular weight is 539 g/mol. The predicted octanol–water partition coefficient (Wildman–Crippen LogP) is 9.74. The second-order valence-corrected chi connectivity index (χ2v) is 12.3. The van der Waals surface area contributed by atoms with Crippen molar-refractivity contribution < 1.29 is 18.9 Å². The Morgan fingerprint density at radius 2 is 1.24 bits per heavy atom. The van der Waals surface area contributed by atoms with Crippen molar-refractivity contribution in [2.75, 3.05) is 14.2 Å². The molecule has 38 heavy (non-hydrogen) atoms. The molecule has 5 heteroatoms. The molecule has 1 aromatic heterocycles. The highest BCUT2D eigenvalue weighted by Gasteiger charge is 2.27. The van der Waals surface area contributed by atoms with Gasteiger partial charge in [-0.15, -0.1) is 11.3 Å². The highest BCUT2D eigenvalue weighted by molar-refractivity contribution is 7.19. The van der Waals surface area contributed by atoms with Gasteiger partial charge in [0.15, 0.2) is 0 Å². The fourth-order valence-electron chi connectivity index (χ4n) is 4.72. The van der Waals surface area contributed by atoms with E-state index in [4.69, 9.17) is 18.9 Å². The van der Waals surface area contributed by atoms with E-state index in [1.54, 1.807) is 25.6 Å². The van der Waals surface area contributed by atoms with Gasteiger partial charge in [0.05, 0.1) is 37.6 Å². The third-order valence-electron chi connectivity index (χ3n) is 7.10. The molecule has 0 aliphatic heterocycles. The van der Waals surface area contributed by atoms with Crippen LogP contribution in [0.3, 0.4) is 0 Å². The van der Waals surface area contributed by atoms with E-state index in [2.05, 4.69) is 55.4 Å². The van der Waals surface area contributed by atoms with Crippen molar-refractivity contribution in [2.24, 2.45) is 5.41 Å². The Hall–Kier alpha value is -2.66. The first-order valence-corrected chi connectivity index (χ1v) is 14.6. The van der Waals surface area contributed by atoms with Crippen LogP contribution in [0.1, 0.15) is 78.9 Å². The van der Waals surface area contributed by atoms with Crippen molar-refractivity contribution in [1.82, 2.24) is 0 Å². The molecule has 2 aromatic carbocycles. The summed E-state index contributed by atoms with van der Waals surface area (Å²) in [6.45, 7) is 17.5. The van der Waals surface area contributed by atoms with E-state index in [9.17, 15) is 0 Å². The number of benzene rings is 2. The molecule has 0 spiro atoms. The highest BCUT2D eigenvalue weighted by atomic mass is 32.1. The quantitative estimate of drug-likeness (QED) is 0.217. The van der Waals surface area contributed by atoms with Gasteiger partial charge in [0.2, 0.25) is 0 Å². The zero-order valence-corrected chi connectivity index (χ0v) is 25.8. The van der Waals surface area contributed by atoms with Crippen molar-refractivity contribution in [1.29, 1.82) is 0 Å². The first-order valence-electron chi connectivity index (χ1n) is 13.8. The van der Waals surface area contributed by atoms with Gasteiger partial charge < -0.3 is 18.9 Å². The van der Waals surface area contributed by atoms with Crippen molar-refractivity contribution in [3.63, 3.8) is 0 Å². The van der Waals surface area contributed by atoms with E-state index in [1.807, 2.05) is 36.4 Å². The Morgan fingerprint density at radius 3 is 1.68 bits per heavy atom. The topological polar surface area (TPSA) is 36.9 Å². The second kappa shape index (κ2) is 12.9. The summed E-state index contributed by atoms with van der Waals surface area (Å²) < 4.78 is 24.4. The maximum absolute atomic E-state index is 6.33. The van der Waals surface area contributed by atoms with E-state index in [-0.39, 0.29) is 12.2 Å². The SMILES string of the molecule is CCC(C)(C)CCCc1c(-c2c(OC)cccc2OC(C)C)sc(-c2c(OC)cccc2OC(C)C)c1C. The van der Waals surface area contributed by atoms with Gasteiger partial charge in [0.25, 0.3) is 0 Å². The van der Waals surface area contributed by atoms with E-state index < -0.39 is 0 Å². The number of ether oxygens (including phenoxy) is 4. The summed E-state index contributed by atoms with van der Waals surface area (Å²) in [5, 5.41) is 0. The minimum atomic E-state index is 0.0513. The maximum atomic E-state index is 6.33. The molecule has 0 atom stereocenters. The van der Waals surface area contributed by atoms with Crippen LogP contribution in [0.25, 0.3) is 20.9 Å². The number of hydrogen-bond acceptors (Lipinski definition) is 5. The molecule has 1 heterocycles. The molecule has 208 valence electrons. The molecule has 0 N–H and O–H groups in total. The van der Waals surface area contributed by atoms with Crippen LogP contribution in [-0.4, -0.2) is 26.4 Å². The summed E-state index contributed by atoms with van der Waals surface area (Å²) in [5.74, 6) is 3.33. The van der Waals surface area contributed by atoms with Crippen LogP contribution in [0.2, 0.25) is 0 Å². The summed E-state index contributed by atoms with van der Waals surface area (Å²) in [7, 11) is 3.46. The van der Waals surface area contributed by atoms with Gasteiger partial charge in [-0.2, -0.15) is 0 Å². The number of thiophene rings is 1. The van der Waals surface area contributed by atoms with Gasteiger partial charge in [0.1, 0.15) is 23.0 Å². The van der Waals surface area contributed by atoms with Crippen LogP contribution in [0.15, 0.2) is 36.4 Å². The van der Waals surface area contributed by atoms with E-state index in [1.165, 1.54) is 33.7 Å². The Labute approximate surface area is 234 Å². The predicted molar refractivity (Wildman–Crippen MR) is 162 cm³/mol. The minimum Gasteiger partial charge on any atom is -0.496 e. The van der Waals surface area contributed by atoms with E-state index in [0.717, 1.165) is 47.0 Å². The van der Waals surface area contributed by atoms with Gasteiger partial charge in [-0.1, -0.05) is 39.3 Å². The molecule has 0 fully saturated rings. The maximum Gasteiger partial charge on any atom is 0.132 e. The van der Waals surface area contributed by atoms with Crippen molar-refractivity contribution in [3.05, 3.63) is 47.5 Å². The normalized spacial score (nSPS) is 11.8. The molecule has 0 amide bonds. The Balaban J connectivity index is 2.29.